The van der Waals surface area contributed by atoms with Gasteiger partial charge in [0.1, 0.15) is 0 Å². The highest BCUT2D eigenvalue weighted by molar-refractivity contribution is 7.36. The highest BCUT2D eigenvalue weighted by atomic mass is 31.1. The first-order valence-electron chi connectivity index (χ1n) is 6.60. The van der Waals surface area contributed by atoms with Gasteiger partial charge in [0.05, 0.1) is 0 Å². The van der Waals surface area contributed by atoms with Gasteiger partial charge < -0.3 is 0 Å². The molecule has 0 aliphatic rings. The predicted octanol–water partition coefficient (Wildman–Crippen LogP) is 4.89. The molecule has 15 heavy (non-hydrogen) atoms. The minimum absolute atomic E-state index is 0.823. The fourth-order valence-corrected chi connectivity index (χ4v) is 3.66. The fourth-order valence-electron chi connectivity index (χ4n) is 2.48. The van der Waals surface area contributed by atoms with Gasteiger partial charge in [-0.25, -0.2) is 0 Å². The SMILES string of the molecule is CCC(CPC)C(C)C(C)C(C)C(C)C. The fraction of sp³-hybridized carbons (Fsp3) is 1.00. The molecule has 92 valence electrons. The van der Waals surface area contributed by atoms with E-state index in [0.29, 0.717) is 0 Å². The minimum atomic E-state index is 0.823. The first-order chi connectivity index (χ1) is 6.95. The molecule has 0 aromatic rings. The molecule has 0 rings (SSSR count). The van der Waals surface area contributed by atoms with Crippen LogP contribution in [0.15, 0.2) is 0 Å². The molecule has 0 aromatic carbocycles. The highest BCUT2D eigenvalue weighted by Gasteiger charge is 2.26. The monoisotopic (exact) mass is 230 g/mol. The van der Waals surface area contributed by atoms with Crippen LogP contribution in [0.1, 0.15) is 48.0 Å². The molecular weight excluding hydrogens is 199 g/mol. The van der Waals surface area contributed by atoms with Crippen LogP contribution in [-0.4, -0.2) is 12.8 Å². The predicted molar refractivity (Wildman–Crippen MR) is 75.2 cm³/mol. The Morgan fingerprint density at radius 2 is 1.40 bits per heavy atom. The Labute approximate surface area is 99.4 Å². The van der Waals surface area contributed by atoms with Gasteiger partial charge in [0.25, 0.3) is 0 Å². The topological polar surface area (TPSA) is 0 Å². The highest BCUT2D eigenvalue weighted by Crippen LogP contribution is 2.34. The van der Waals surface area contributed by atoms with E-state index in [0.717, 1.165) is 38.2 Å². The van der Waals surface area contributed by atoms with Gasteiger partial charge in [-0.3, -0.25) is 0 Å². The molecule has 0 aliphatic heterocycles. The summed E-state index contributed by atoms with van der Waals surface area (Å²) in [6, 6.07) is 0. The van der Waals surface area contributed by atoms with Crippen molar-refractivity contribution in [3.05, 3.63) is 0 Å². The van der Waals surface area contributed by atoms with Gasteiger partial charge in [0, 0.05) is 0 Å². The van der Waals surface area contributed by atoms with Crippen molar-refractivity contribution in [2.75, 3.05) is 12.8 Å². The third-order valence-corrected chi connectivity index (χ3v) is 5.38. The van der Waals surface area contributed by atoms with Crippen molar-refractivity contribution in [2.45, 2.75) is 48.0 Å². The maximum atomic E-state index is 2.47. The second kappa shape index (κ2) is 7.66. The lowest BCUT2D eigenvalue weighted by molar-refractivity contribution is 0.175. The average molecular weight is 230 g/mol. The van der Waals surface area contributed by atoms with E-state index in [2.05, 4.69) is 48.2 Å². The summed E-state index contributed by atoms with van der Waals surface area (Å²) in [5.41, 5.74) is 0. The number of rotatable bonds is 7. The van der Waals surface area contributed by atoms with Gasteiger partial charge in [0.2, 0.25) is 0 Å². The van der Waals surface area contributed by atoms with E-state index in [-0.39, 0.29) is 0 Å². The smallest absolute Gasteiger partial charge is 0.0325 e. The minimum Gasteiger partial charge on any atom is -0.125 e. The maximum absolute atomic E-state index is 2.47. The van der Waals surface area contributed by atoms with Crippen molar-refractivity contribution >= 4 is 8.58 Å². The molecule has 0 saturated carbocycles. The molecular formula is C14H31P. The van der Waals surface area contributed by atoms with Crippen molar-refractivity contribution in [1.29, 1.82) is 0 Å². The zero-order valence-corrected chi connectivity index (χ0v) is 12.8. The van der Waals surface area contributed by atoms with Gasteiger partial charge in [-0.05, 0) is 42.4 Å². The van der Waals surface area contributed by atoms with Crippen LogP contribution in [0.25, 0.3) is 0 Å². The van der Waals surface area contributed by atoms with Crippen molar-refractivity contribution < 1.29 is 0 Å². The quantitative estimate of drug-likeness (QED) is 0.546. The summed E-state index contributed by atoms with van der Waals surface area (Å²) in [7, 11) is 1.12. The maximum Gasteiger partial charge on any atom is -0.0325 e. The first-order valence-corrected chi connectivity index (χ1v) is 8.30. The van der Waals surface area contributed by atoms with Crippen LogP contribution in [-0.2, 0) is 0 Å². The molecule has 0 nitrogen and oxygen atoms in total. The number of hydrogen-bond donors (Lipinski definition) is 0. The van der Waals surface area contributed by atoms with Gasteiger partial charge in [-0.2, -0.15) is 0 Å². The average Bonchev–Trinajstić information content (AvgIpc) is 2.22. The third-order valence-electron chi connectivity index (χ3n) is 4.44. The first kappa shape index (κ1) is 15.4. The Kier molecular flexibility index (Phi) is 7.88. The Bertz CT molecular complexity index is 153. The molecule has 0 fully saturated rings. The molecule has 0 bridgehead atoms. The van der Waals surface area contributed by atoms with Gasteiger partial charge in [0.15, 0.2) is 0 Å². The summed E-state index contributed by atoms with van der Waals surface area (Å²) in [4.78, 5) is 0. The summed E-state index contributed by atoms with van der Waals surface area (Å²) < 4.78 is 0. The molecule has 0 saturated heterocycles. The Hall–Kier alpha value is 0.430. The van der Waals surface area contributed by atoms with Gasteiger partial charge in [-0.15, -0.1) is 8.58 Å². The summed E-state index contributed by atoms with van der Waals surface area (Å²) >= 11 is 0. The molecule has 0 aromatic heterocycles. The summed E-state index contributed by atoms with van der Waals surface area (Å²) in [5, 5.41) is 0. The normalized spacial score (nSPS) is 20.8. The zero-order valence-electron chi connectivity index (χ0n) is 11.8. The zero-order chi connectivity index (χ0) is 12.0. The second-order valence-electron chi connectivity index (χ2n) is 5.55. The van der Waals surface area contributed by atoms with Crippen molar-refractivity contribution in [2.24, 2.45) is 29.6 Å². The van der Waals surface area contributed by atoms with Crippen molar-refractivity contribution in [1.82, 2.24) is 0 Å². The Balaban J connectivity index is 4.32. The molecule has 0 aliphatic carbocycles. The van der Waals surface area contributed by atoms with Crippen LogP contribution >= 0.6 is 8.58 Å². The molecule has 0 amide bonds. The summed E-state index contributed by atoms with van der Waals surface area (Å²) in [5.74, 6) is 4.38. The van der Waals surface area contributed by atoms with E-state index in [9.17, 15) is 0 Å². The van der Waals surface area contributed by atoms with E-state index >= 15 is 0 Å². The molecule has 0 spiro atoms. The second-order valence-corrected chi connectivity index (χ2v) is 6.66. The van der Waals surface area contributed by atoms with Crippen molar-refractivity contribution in [3.8, 4) is 0 Å². The third kappa shape index (κ3) is 4.85. The van der Waals surface area contributed by atoms with Crippen molar-refractivity contribution in [3.63, 3.8) is 0 Å². The molecule has 5 unspecified atom stereocenters. The molecule has 0 heterocycles. The van der Waals surface area contributed by atoms with E-state index in [1.54, 1.807) is 0 Å². The lowest BCUT2D eigenvalue weighted by atomic mass is 9.74. The summed E-state index contributed by atoms with van der Waals surface area (Å²) in [6.45, 7) is 16.8. The van der Waals surface area contributed by atoms with E-state index in [4.69, 9.17) is 0 Å². The molecule has 0 radical (unpaired) electrons. The Morgan fingerprint density at radius 1 is 0.867 bits per heavy atom. The van der Waals surface area contributed by atoms with E-state index in [1.165, 1.54) is 12.6 Å². The van der Waals surface area contributed by atoms with Crippen LogP contribution in [0.4, 0.5) is 0 Å². The molecule has 5 atom stereocenters. The standard InChI is InChI=1S/C14H31P/c1-8-14(9-15-7)13(6)12(5)11(4)10(2)3/h10-15H,8-9H2,1-7H3. The van der Waals surface area contributed by atoms with Crippen LogP contribution in [0.5, 0.6) is 0 Å². The molecule has 1 heteroatoms. The summed E-state index contributed by atoms with van der Waals surface area (Å²) in [6.07, 6.45) is 2.80. The lowest BCUT2D eigenvalue weighted by Crippen LogP contribution is -2.27. The van der Waals surface area contributed by atoms with Gasteiger partial charge in [-0.1, -0.05) is 48.0 Å². The van der Waals surface area contributed by atoms with Crippen LogP contribution < -0.4 is 0 Å². The van der Waals surface area contributed by atoms with Crippen LogP contribution in [0.2, 0.25) is 0 Å². The number of hydrogen-bond acceptors (Lipinski definition) is 0. The van der Waals surface area contributed by atoms with Gasteiger partial charge >= 0.3 is 0 Å². The molecule has 0 N–H and O–H groups in total. The largest absolute Gasteiger partial charge is 0.125 e. The van der Waals surface area contributed by atoms with Crippen LogP contribution in [0.3, 0.4) is 0 Å². The van der Waals surface area contributed by atoms with Crippen LogP contribution in [0, 0.1) is 29.6 Å². The van der Waals surface area contributed by atoms with E-state index in [1.807, 2.05) is 0 Å². The lowest BCUT2D eigenvalue weighted by Gasteiger charge is -2.33. The van der Waals surface area contributed by atoms with E-state index < -0.39 is 0 Å². The Morgan fingerprint density at radius 3 is 1.73 bits per heavy atom.